The highest BCUT2D eigenvalue weighted by atomic mass is 32.2. The molecule has 2 rings (SSSR count). The molecule has 0 aromatic heterocycles. The largest absolute Gasteiger partial charge is 0.459 e. The summed E-state index contributed by atoms with van der Waals surface area (Å²) >= 11 is 0. The van der Waals surface area contributed by atoms with Gasteiger partial charge in [-0.15, -0.1) is 0 Å². The molecule has 19 heavy (non-hydrogen) atoms. The van der Waals surface area contributed by atoms with Crippen LogP contribution in [0.4, 0.5) is 4.39 Å². The molecule has 7 heteroatoms. The topological polar surface area (TPSA) is 86.5 Å². The van der Waals surface area contributed by atoms with Crippen molar-refractivity contribution in [2.75, 3.05) is 0 Å². The number of carbonyl (C=O) groups excluding carboxylic acids is 1. The number of ether oxygens (including phenoxy) is 1. The molecule has 0 radical (unpaired) electrons. The Morgan fingerprint density at radius 2 is 1.89 bits per heavy atom. The number of hydrogen-bond donors (Lipinski definition) is 1. The number of esters is 1. The molecular formula is C12H14FNO4S. The molecule has 1 aromatic rings. The summed E-state index contributed by atoms with van der Waals surface area (Å²) in [6.07, 6.45) is 3.37. The van der Waals surface area contributed by atoms with Gasteiger partial charge in [0, 0.05) is 0 Å². The smallest absolute Gasteiger partial charge is 0.338 e. The van der Waals surface area contributed by atoms with E-state index in [1.165, 1.54) is 0 Å². The molecular weight excluding hydrogens is 273 g/mol. The Kier molecular flexibility index (Phi) is 3.86. The maximum Gasteiger partial charge on any atom is 0.338 e. The van der Waals surface area contributed by atoms with Gasteiger partial charge in [-0.05, 0) is 43.9 Å². The molecule has 2 N–H and O–H groups in total. The van der Waals surface area contributed by atoms with Gasteiger partial charge in [-0.1, -0.05) is 0 Å². The van der Waals surface area contributed by atoms with Crippen molar-refractivity contribution in [3.05, 3.63) is 29.6 Å². The predicted octanol–water partition coefficient (Wildman–Crippen LogP) is 1.57. The minimum Gasteiger partial charge on any atom is -0.459 e. The van der Waals surface area contributed by atoms with Gasteiger partial charge in [-0.3, -0.25) is 0 Å². The summed E-state index contributed by atoms with van der Waals surface area (Å²) in [6, 6.07) is 2.73. The summed E-state index contributed by atoms with van der Waals surface area (Å²) in [5.41, 5.74) is -0.143. The van der Waals surface area contributed by atoms with E-state index in [9.17, 15) is 17.6 Å². The molecule has 0 unspecified atom stereocenters. The van der Waals surface area contributed by atoms with E-state index >= 15 is 0 Å². The highest BCUT2D eigenvalue weighted by molar-refractivity contribution is 7.89. The van der Waals surface area contributed by atoms with Crippen LogP contribution in [0.15, 0.2) is 23.1 Å². The Labute approximate surface area is 110 Å². The van der Waals surface area contributed by atoms with E-state index < -0.39 is 26.7 Å². The first-order chi connectivity index (χ1) is 8.86. The molecule has 104 valence electrons. The van der Waals surface area contributed by atoms with E-state index in [4.69, 9.17) is 9.88 Å². The fourth-order valence-electron chi connectivity index (χ4n) is 2.07. The van der Waals surface area contributed by atoms with Crippen LogP contribution in [0.5, 0.6) is 0 Å². The predicted molar refractivity (Wildman–Crippen MR) is 65.4 cm³/mol. The lowest BCUT2D eigenvalue weighted by atomic mass is 10.2. The Bertz CT molecular complexity index is 594. The average Bonchev–Trinajstić information content (AvgIpc) is 2.79. The van der Waals surface area contributed by atoms with Crippen molar-refractivity contribution in [2.45, 2.75) is 36.7 Å². The molecule has 0 aliphatic heterocycles. The van der Waals surface area contributed by atoms with Gasteiger partial charge in [0.05, 0.1) is 10.5 Å². The monoisotopic (exact) mass is 287 g/mol. The van der Waals surface area contributed by atoms with Crippen LogP contribution < -0.4 is 5.14 Å². The SMILES string of the molecule is NS(=O)(=O)c1cc(F)cc(C(=O)OC2CCCC2)c1. The summed E-state index contributed by atoms with van der Waals surface area (Å²) in [4.78, 5) is 11.4. The van der Waals surface area contributed by atoms with Crippen molar-refractivity contribution in [3.63, 3.8) is 0 Å². The minimum atomic E-state index is -4.06. The van der Waals surface area contributed by atoms with Gasteiger partial charge in [0.25, 0.3) is 0 Å². The van der Waals surface area contributed by atoms with Gasteiger partial charge in [-0.2, -0.15) is 0 Å². The number of benzene rings is 1. The zero-order chi connectivity index (χ0) is 14.0. The standard InChI is InChI=1S/C12H14FNO4S/c13-9-5-8(6-11(7-9)19(14,16)17)12(15)18-10-3-1-2-4-10/h5-7,10H,1-4H2,(H2,14,16,17). The van der Waals surface area contributed by atoms with Gasteiger partial charge in [0.15, 0.2) is 0 Å². The highest BCUT2D eigenvalue weighted by Gasteiger charge is 2.22. The lowest BCUT2D eigenvalue weighted by molar-refractivity contribution is 0.0317. The molecule has 0 heterocycles. The van der Waals surface area contributed by atoms with Crippen LogP contribution in [0, 0.1) is 5.82 Å². The average molecular weight is 287 g/mol. The number of hydrogen-bond acceptors (Lipinski definition) is 4. The maximum absolute atomic E-state index is 13.3. The molecule has 1 aliphatic carbocycles. The van der Waals surface area contributed by atoms with Gasteiger partial charge >= 0.3 is 5.97 Å². The summed E-state index contributed by atoms with van der Waals surface area (Å²) in [5, 5.41) is 4.91. The third-order valence-corrected chi connectivity index (χ3v) is 3.90. The van der Waals surface area contributed by atoms with Crippen LogP contribution in [0.1, 0.15) is 36.0 Å². The van der Waals surface area contributed by atoms with Gasteiger partial charge < -0.3 is 4.74 Å². The van der Waals surface area contributed by atoms with Crippen molar-refractivity contribution in [3.8, 4) is 0 Å². The quantitative estimate of drug-likeness (QED) is 0.855. The highest BCUT2D eigenvalue weighted by Crippen LogP contribution is 2.23. The second-order valence-corrected chi connectivity index (χ2v) is 6.09. The Hall–Kier alpha value is -1.47. The number of sulfonamides is 1. The van der Waals surface area contributed by atoms with E-state index in [0.717, 1.165) is 43.9 Å². The number of halogens is 1. The normalized spacial score (nSPS) is 16.5. The van der Waals surface area contributed by atoms with Gasteiger partial charge in [0.1, 0.15) is 11.9 Å². The Morgan fingerprint density at radius 1 is 1.26 bits per heavy atom. The summed E-state index contributed by atoms with van der Waals surface area (Å²) in [6.45, 7) is 0. The summed E-state index contributed by atoms with van der Waals surface area (Å²) in [5.74, 6) is -1.57. The molecule has 0 saturated heterocycles. The molecule has 5 nitrogen and oxygen atoms in total. The van der Waals surface area contributed by atoms with Crippen molar-refractivity contribution < 1.29 is 22.3 Å². The van der Waals surface area contributed by atoms with Gasteiger partial charge in [-0.25, -0.2) is 22.7 Å². The van der Waals surface area contributed by atoms with Gasteiger partial charge in [0.2, 0.25) is 10.0 Å². The van der Waals surface area contributed by atoms with Crippen LogP contribution >= 0.6 is 0 Å². The first kappa shape index (κ1) is 14.0. The first-order valence-electron chi connectivity index (χ1n) is 5.90. The third-order valence-electron chi connectivity index (χ3n) is 3.01. The second-order valence-electron chi connectivity index (χ2n) is 4.53. The lowest BCUT2D eigenvalue weighted by Crippen LogP contribution is -2.17. The molecule has 0 spiro atoms. The Morgan fingerprint density at radius 3 is 2.47 bits per heavy atom. The molecule has 1 aliphatic rings. The minimum absolute atomic E-state index is 0.143. The van der Waals surface area contributed by atoms with Crippen LogP contribution in [-0.2, 0) is 14.8 Å². The lowest BCUT2D eigenvalue weighted by Gasteiger charge is -2.11. The van der Waals surface area contributed by atoms with Crippen molar-refractivity contribution >= 4 is 16.0 Å². The Balaban J connectivity index is 2.24. The fraction of sp³-hybridized carbons (Fsp3) is 0.417. The first-order valence-corrected chi connectivity index (χ1v) is 7.45. The zero-order valence-corrected chi connectivity index (χ0v) is 11.0. The number of rotatable bonds is 3. The van der Waals surface area contributed by atoms with E-state index in [1.807, 2.05) is 0 Å². The maximum atomic E-state index is 13.3. The molecule has 0 bridgehead atoms. The number of nitrogens with two attached hydrogens (primary N) is 1. The molecule has 1 aromatic carbocycles. The van der Waals surface area contributed by atoms with Crippen LogP contribution in [0.25, 0.3) is 0 Å². The van der Waals surface area contributed by atoms with E-state index in [1.54, 1.807) is 0 Å². The number of primary sulfonamides is 1. The van der Waals surface area contributed by atoms with E-state index in [2.05, 4.69) is 0 Å². The van der Waals surface area contributed by atoms with Crippen molar-refractivity contribution in [2.24, 2.45) is 5.14 Å². The fourth-order valence-corrected chi connectivity index (χ4v) is 2.64. The molecule has 1 fully saturated rings. The summed E-state index contributed by atoms with van der Waals surface area (Å²) in [7, 11) is -4.06. The van der Waals surface area contributed by atoms with Crippen LogP contribution in [0.3, 0.4) is 0 Å². The molecule has 0 atom stereocenters. The number of carbonyl (C=O) groups is 1. The van der Waals surface area contributed by atoms with Crippen molar-refractivity contribution in [1.29, 1.82) is 0 Å². The zero-order valence-electron chi connectivity index (χ0n) is 10.1. The van der Waals surface area contributed by atoms with Crippen LogP contribution in [-0.4, -0.2) is 20.5 Å². The van der Waals surface area contributed by atoms with Crippen molar-refractivity contribution in [1.82, 2.24) is 0 Å². The van der Waals surface area contributed by atoms with E-state index in [0.29, 0.717) is 0 Å². The second kappa shape index (κ2) is 5.26. The molecule has 0 amide bonds. The summed E-state index contributed by atoms with van der Waals surface area (Å²) < 4.78 is 40.8. The third kappa shape index (κ3) is 3.51. The van der Waals surface area contributed by atoms with Crippen LogP contribution in [0.2, 0.25) is 0 Å². The molecule has 1 saturated carbocycles. The van der Waals surface area contributed by atoms with E-state index in [-0.39, 0.29) is 11.7 Å².